The molecular weight excluding hydrogens is 297 g/mol. The van der Waals surface area contributed by atoms with Crippen molar-refractivity contribution in [3.8, 4) is 0 Å². The molecule has 0 saturated heterocycles. The second kappa shape index (κ2) is 5.12. The van der Waals surface area contributed by atoms with Crippen LogP contribution in [0, 0.1) is 5.82 Å². The van der Waals surface area contributed by atoms with Crippen molar-refractivity contribution in [2.45, 2.75) is 17.9 Å². The molecule has 1 aliphatic rings. The lowest BCUT2D eigenvalue weighted by Crippen LogP contribution is -2.28. The van der Waals surface area contributed by atoms with Crippen LogP contribution in [0.4, 0.5) is 10.1 Å². The number of sulfonamides is 1. The Morgan fingerprint density at radius 1 is 1.38 bits per heavy atom. The number of hydrogen-bond acceptors (Lipinski definition) is 4. The first-order chi connectivity index (χ1) is 10.0. The van der Waals surface area contributed by atoms with E-state index in [-0.39, 0.29) is 24.6 Å². The average Bonchev–Trinajstić information content (AvgIpc) is 3.05. The SMILES string of the molecule is O=S(=O)(c1cnn(CCO)c1)N1CCc2ccc(F)cc21. The summed E-state index contributed by atoms with van der Waals surface area (Å²) in [6.45, 7) is 0.381. The van der Waals surface area contributed by atoms with E-state index in [4.69, 9.17) is 5.11 Å². The molecular formula is C13H14FN3O3S. The summed E-state index contributed by atoms with van der Waals surface area (Å²) in [6, 6.07) is 4.17. The third kappa shape index (κ3) is 2.40. The van der Waals surface area contributed by atoms with Gasteiger partial charge in [0.2, 0.25) is 0 Å². The molecule has 1 N–H and O–H groups in total. The molecule has 6 nitrogen and oxygen atoms in total. The number of fused-ring (bicyclic) bond motifs is 1. The van der Waals surface area contributed by atoms with E-state index in [0.29, 0.717) is 12.1 Å². The van der Waals surface area contributed by atoms with Crippen LogP contribution in [0.3, 0.4) is 0 Å². The molecule has 1 aromatic heterocycles. The van der Waals surface area contributed by atoms with Crippen molar-refractivity contribution in [1.29, 1.82) is 0 Å². The lowest BCUT2D eigenvalue weighted by atomic mass is 10.2. The van der Waals surface area contributed by atoms with Crippen LogP contribution in [0.25, 0.3) is 0 Å². The number of halogens is 1. The summed E-state index contributed by atoms with van der Waals surface area (Å²) in [5.74, 6) is -0.466. The van der Waals surface area contributed by atoms with Crippen LogP contribution in [0.15, 0.2) is 35.5 Å². The fraction of sp³-hybridized carbons (Fsp3) is 0.308. The van der Waals surface area contributed by atoms with Crippen LogP contribution in [0.2, 0.25) is 0 Å². The quantitative estimate of drug-likeness (QED) is 0.905. The Balaban J connectivity index is 1.98. The van der Waals surface area contributed by atoms with Crippen LogP contribution in [-0.2, 0) is 23.0 Å². The highest BCUT2D eigenvalue weighted by molar-refractivity contribution is 7.92. The number of aromatic nitrogens is 2. The van der Waals surface area contributed by atoms with E-state index in [1.54, 1.807) is 6.07 Å². The third-order valence-electron chi connectivity index (χ3n) is 3.43. The normalized spacial score (nSPS) is 14.5. The van der Waals surface area contributed by atoms with Crippen molar-refractivity contribution in [3.63, 3.8) is 0 Å². The van der Waals surface area contributed by atoms with Crippen LogP contribution in [0.5, 0.6) is 0 Å². The van der Waals surface area contributed by atoms with Crippen molar-refractivity contribution in [2.24, 2.45) is 0 Å². The Labute approximate surface area is 121 Å². The highest BCUT2D eigenvalue weighted by Crippen LogP contribution is 2.33. The first-order valence-corrected chi connectivity index (χ1v) is 7.91. The van der Waals surface area contributed by atoms with Gasteiger partial charge in [0, 0.05) is 12.7 Å². The van der Waals surface area contributed by atoms with E-state index in [1.165, 1.54) is 33.5 Å². The Bertz CT molecular complexity index is 773. The minimum atomic E-state index is -3.76. The van der Waals surface area contributed by atoms with Gasteiger partial charge in [-0.1, -0.05) is 6.07 Å². The largest absolute Gasteiger partial charge is 0.394 e. The third-order valence-corrected chi connectivity index (χ3v) is 5.19. The van der Waals surface area contributed by atoms with Crippen molar-refractivity contribution in [3.05, 3.63) is 42.0 Å². The highest BCUT2D eigenvalue weighted by Gasteiger charge is 2.32. The van der Waals surface area contributed by atoms with E-state index in [0.717, 1.165) is 5.56 Å². The van der Waals surface area contributed by atoms with Gasteiger partial charge in [0.05, 0.1) is 25.0 Å². The van der Waals surface area contributed by atoms with E-state index in [1.807, 2.05) is 0 Å². The predicted molar refractivity (Wildman–Crippen MR) is 73.9 cm³/mol. The second-order valence-electron chi connectivity index (χ2n) is 4.76. The van der Waals surface area contributed by atoms with Crippen LogP contribution < -0.4 is 4.31 Å². The highest BCUT2D eigenvalue weighted by atomic mass is 32.2. The molecule has 21 heavy (non-hydrogen) atoms. The summed E-state index contributed by atoms with van der Waals surface area (Å²) in [6.07, 6.45) is 3.16. The molecule has 8 heteroatoms. The molecule has 1 aliphatic heterocycles. The summed E-state index contributed by atoms with van der Waals surface area (Å²) in [5, 5.41) is 12.7. The molecule has 0 amide bonds. The molecule has 2 heterocycles. The van der Waals surface area contributed by atoms with Gasteiger partial charge in [-0.15, -0.1) is 0 Å². The molecule has 0 atom stereocenters. The summed E-state index contributed by atoms with van der Waals surface area (Å²) in [4.78, 5) is 0.0352. The maximum Gasteiger partial charge on any atom is 0.267 e. The van der Waals surface area contributed by atoms with Gasteiger partial charge in [-0.3, -0.25) is 8.99 Å². The number of aliphatic hydroxyl groups excluding tert-OH is 1. The Hall–Kier alpha value is -1.93. The van der Waals surface area contributed by atoms with Crippen molar-refractivity contribution >= 4 is 15.7 Å². The summed E-state index contributed by atoms with van der Waals surface area (Å²) < 4.78 is 41.1. The van der Waals surface area contributed by atoms with Gasteiger partial charge in [0.1, 0.15) is 10.7 Å². The number of nitrogens with zero attached hydrogens (tertiary/aromatic N) is 3. The van der Waals surface area contributed by atoms with Gasteiger partial charge < -0.3 is 5.11 Å². The van der Waals surface area contributed by atoms with Crippen molar-refractivity contribution in [1.82, 2.24) is 9.78 Å². The monoisotopic (exact) mass is 311 g/mol. The van der Waals surface area contributed by atoms with Crippen molar-refractivity contribution < 1.29 is 17.9 Å². The Morgan fingerprint density at radius 3 is 2.95 bits per heavy atom. The Morgan fingerprint density at radius 2 is 2.19 bits per heavy atom. The van der Waals surface area contributed by atoms with Crippen LogP contribution in [-0.4, -0.2) is 36.5 Å². The minimum Gasteiger partial charge on any atom is -0.394 e. The number of hydrogen-bond donors (Lipinski definition) is 1. The molecule has 0 spiro atoms. The van der Waals surface area contributed by atoms with Gasteiger partial charge in [-0.05, 0) is 24.1 Å². The van der Waals surface area contributed by atoms with Gasteiger partial charge >= 0.3 is 0 Å². The minimum absolute atomic E-state index is 0.0352. The summed E-state index contributed by atoms with van der Waals surface area (Å²) >= 11 is 0. The maximum absolute atomic E-state index is 13.4. The lowest BCUT2D eigenvalue weighted by Gasteiger charge is -2.18. The molecule has 112 valence electrons. The molecule has 0 aliphatic carbocycles. The molecule has 0 radical (unpaired) electrons. The molecule has 0 fully saturated rings. The lowest BCUT2D eigenvalue weighted by molar-refractivity contribution is 0.269. The van der Waals surface area contributed by atoms with E-state index in [2.05, 4.69) is 5.10 Å². The Kier molecular flexibility index (Phi) is 3.42. The average molecular weight is 311 g/mol. The van der Waals surface area contributed by atoms with Gasteiger partial charge in [-0.25, -0.2) is 12.8 Å². The number of anilines is 1. The van der Waals surface area contributed by atoms with E-state index >= 15 is 0 Å². The number of aliphatic hydroxyl groups is 1. The fourth-order valence-electron chi connectivity index (χ4n) is 2.40. The van der Waals surface area contributed by atoms with Crippen LogP contribution >= 0.6 is 0 Å². The molecule has 3 rings (SSSR count). The predicted octanol–water partition coefficient (Wildman–Crippen LogP) is 0.766. The van der Waals surface area contributed by atoms with Gasteiger partial charge in [0.15, 0.2) is 0 Å². The van der Waals surface area contributed by atoms with Crippen molar-refractivity contribution in [2.75, 3.05) is 17.5 Å². The zero-order valence-electron chi connectivity index (χ0n) is 11.1. The zero-order valence-corrected chi connectivity index (χ0v) is 11.9. The zero-order chi connectivity index (χ0) is 15.0. The maximum atomic E-state index is 13.4. The van der Waals surface area contributed by atoms with Gasteiger partial charge in [-0.2, -0.15) is 5.10 Å². The summed E-state index contributed by atoms with van der Waals surface area (Å²) in [5.41, 5.74) is 1.19. The summed E-state index contributed by atoms with van der Waals surface area (Å²) in [7, 11) is -3.76. The smallest absolute Gasteiger partial charge is 0.267 e. The fourth-order valence-corrected chi connectivity index (χ4v) is 3.85. The topological polar surface area (TPSA) is 75.4 Å². The van der Waals surface area contributed by atoms with Gasteiger partial charge in [0.25, 0.3) is 10.0 Å². The van der Waals surface area contributed by atoms with Crippen LogP contribution in [0.1, 0.15) is 5.56 Å². The second-order valence-corrected chi connectivity index (χ2v) is 6.63. The number of benzene rings is 1. The molecule has 0 saturated carbocycles. The van der Waals surface area contributed by atoms with E-state index in [9.17, 15) is 12.8 Å². The molecule has 1 aromatic carbocycles. The molecule has 0 bridgehead atoms. The molecule has 0 unspecified atom stereocenters. The standard InChI is InChI=1S/C13H14FN3O3S/c14-11-2-1-10-3-4-17(13(10)7-11)21(19,20)12-8-15-16(9-12)5-6-18/h1-2,7-9,18H,3-6H2. The first kappa shape index (κ1) is 14.0. The molecule has 2 aromatic rings. The first-order valence-electron chi connectivity index (χ1n) is 6.47. The number of rotatable bonds is 4. The van der Waals surface area contributed by atoms with E-state index < -0.39 is 15.8 Å².